The first-order valence-corrected chi connectivity index (χ1v) is 8.88. The van der Waals surface area contributed by atoms with Crippen LogP contribution < -0.4 is 9.47 Å². The van der Waals surface area contributed by atoms with Crippen LogP contribution in [0.2, 0.25) is 0 Å². The van der Waals surface area contributed by atoms with E-state index < -0.39 is 9.84 Å². The van der Waals surface area contributed by atoms with Crippen LogP contribution in [0.5, 0.6) is 11.5 Å². The predicted molar refractivity (Wildman–Crippen MR) is 81.0 cm³/mol. The molecule has 1 heterocycles. The van der Waals surface area contributed by atoms with E-state index in [9.17, 15) is 8.42 Å². The van der Waals surface area contributed by atoms with Crippen LogP contribution in [0.3, 0.4) is 0 Å². The van der Waals surface area contributed by atoms with E-state index in [1.54, 1.807) is 10.7 Å². The van der Waals surface area contributed by atoms with Crippen molar-refractivity contribution in [3.05, 3.63) is 24.0 Å². The van der Waals surface area contributed by atoms with Gasteiger partial charge in [-0.25, -0.2) is 13.1 Å². The molecule has 1 saturated carbocycles. The molecular formula is C14H18N4O4S. The molecule has 3 rings (SSSR count). The van der Waals surface area contributed by atoms with Gasteiger partial charge in [0.05, 0.1) is 19.1 Å². The molecule has 2 aromatic rings. The second kappa shape index (κ2) is 6.15. The summed E-state index contributed by atoms with van der Waals surface area (Å²) in [4.78, 5) is 0.149. The Morgan fingerprint density at radius 3 is 2.61 bits per heavy atom. The smallest absolute Gasteiger partial charge is 0.185 e. The lowest BCUT2D eigenvalue weighted by Gasteiger charge is -2.10. The maximum Gasteiger partial charge on any atom is 0.185 e. The molecule has 9 heteroatoms. The molecule has 0 unspecified atom stereocenters. The van der Waals surface area contributed by atoms with E-state index in [2.05, 4.69) is 15.5 Å². The highest BCUT2D eigenvalue weighted by molar-refractivity contribution is 7.90. The van der Waals surface area contributed by atoms with E-state index in [0.717, 1.165) is 12.8 Å². The highest BCUT2D eigenvalue weighted by Crippen LogP contribution is 2.32. The lowest BCUT2D eigenvalue weighted by Crippen LogP contribution is -2.13. The van der Waals surface area contributed by atoms with E-state index in [1.807, 2.05) is 0 Å². The summed E-state index contributed by atoms with van der Waals surface area (Å²) in [6.45, 7) is 0.670. The molecule has 1 aliphatic carbocycles. The van der Waals surface area contributed by atoms with Crippen LogP contribution in [-0.4, -0.2) is 42.8 Å². The fourth-order valence-corrected chi connectivity index (χ4v) is 3.55. The summed E-state index contributed by atoms with van der Waals surface area (Å²) in [5.41, 5.74) is 0. The van der Waals surface area contributed by atoms with Crippen molar-refractivity contribution in [2.45, 2.75) is 30.0 Å². The molecule has 0 atom stereocenters. The topological polar surface area (TPSA) is 96.2 Å². The molecule has 1 aromatic carbocycles. The normalized spacial score (nSPS) is 14.7. The number of hydrogen-bond donors (Lipinski definition) is 0. The molecule has 124 valence electrons. The number of methoxy groups -OCH3 is 2. The van der Waals surface area contributed by atoms with Crippen molar-refractivity contribution in [1.29, 1.82) is 0 Å². The van der Waals surface area contributed by atoms with Gasteiger partial charge < -0.3 is 9.47 Å². The average Bonchev–Trinajstić information content (AvgIpc) is 3.26. The minimum atomic E-state index is -3.58. The Morgan fingerprint density at radius 1 is 1.22 bits per heavy atom. The first-order chi connectivity index (χ1) is 11.0. The molecule has 0 amide bonds. The van der Waals surface area contributed by atoms with E-state index in [0.29, 0.717) is 29.8 Å². The van der Waals surface area contributed by atoms with Crippen molar-refractivity contribution in [1.82, 2.24) is 20.2 Å². The highest BCUT2D eigenvalue weighted by Gasteiger charge is 2.26. The Labute approximate surface area is 134 Å². The third-order valence-corrected chi connectivity index (χ3v) is 5.38. The van der Waals surface area contributed by atoms with Gasteiger partial charge >= 0.3 is 0 Å². The molecular weight excluding hydrogens is 320 g/mol. The molecule has 0 N–H and O–H groups in total. The van der Waals surface area contributed by atoms with E-state index in [1.165, 1.54) is 26.4 Å². The Hall–Kier alpha value is -2.16. The maximum atomic E-state index is 12.6. The quantitative estimate of drug-likeness (QED) is 0.745. The minimum absolute atomic E-state index is 0.149. The van der Waals surface area contributed by atoms with Gasteiger partial charge in [-0.1, -0.05) is 0 Å². The van der Waals surface area contributed by atoms with Crippen molar-refractivity contribution >= 4 is 9.84 Å². The Kier molecular flexibility index (Phi) is 4.20. The van der Waals surface area contributed by atoms with Gasteiger partial charge in [0.2, 0.25) is 0 Å². The van der Waals surface area contributed by atoms with Crippen LogP contribution in [-0.2, 0) is 22.1 Å². The largest absolute Gasteiger partial charge is 0.493 e. The van der Waals surface area contributed by atoms with E-state index >= 15 is 0 Å². The van der Waals surface area contributed by atoms with Crippen LogP contribution in [0, 0.1) is 5.92 Å². The van der Waals surface area contributed by atoms with E-state index in [-0.39, 0.29) is 10.6 Å². The number of sulfone groups is 1. The van der Waals surface area contributed by atoms with Gasteiger partial charge in [-0.05, 0) is 41.3 Å². The van der Waals surface area contributed by atoms with Gasteiger partial charge in [-0.2, -0.15) is 0 Å². The zero-order chi connectivity index (χ0) is 16.4. The molecule has 23 heavy (non-hydrogen) atoms. The first kappa shape index (κ1) is 15.7. The van der Waals surface area contributed by atoms with Crippen LogP contribution >= 0.6 is 0 Å². The van der Waals surface area contributed by atoms with Gasteiger partial charge in [0.25, 0.3) is 0 Å². The molecule has 0 radical (unpaired) electrons. The summed E-state index contributed by atoms with van der Waals surface area (Å²) in [6, 6.07) is 4.51. The number of tetrazole rings is 1. The summed E-state index contributed by atoms with van der Waals surface area (Å²) >= 11 is 0. The maximum absolute atomic E-state index is 12.6. The molecule has 8 nitrogen and oxygen atoms in total. The molecule has 0 saturated heterocycles. The van der Waals surface area contributed by atoms with Crippen molar-refractivity contribution in [2.24, 2.45) is 5.92 Å². The van der Waals surface area contributed by atoms with Gasteiger partial charge in [-0.3, -0.25) is 0 Å². The SMILES string of the molecule is COc1ccc(S(=O)(=O)Cc2nnnn2CC2CC2)cc1OC. The van der Waals surface area contributed by atoms with Crippen LogP contribution in [0.15, 0.2) is 23.1 Å². The van der Waals surface area contributed by atoms with Crippen LogP contribution in [0.25, 0.3) is 0 Å². The minimum Gasteiger partial charge on any atom is -0.493 e. The predicted octanol–water partition coefficient (Wildman–Crippen LogP) is 1.07. The Morgan fingerprint density at radius 2 is 1.96 bits per heavy atom. The first-order valence-electron chi connectivity index (χ1n) is 7.23. The number of ether oxygens (including phenoxy) is 2. The fourth-order valence-electron chi connectivity index (χ4n) is 2.28. The van der Waals surface area contributed by atoms with Gasteiger partial charge in [0.15, 0.2) is 27.2 Å². The molecule has 1 fully saturated rings. The van der Waals surface area contributed by atoms with Crippen LogP contribution in [0.1, 0.15) is 18.7 Å². The van der Waals surface area contributed by atoms with Crippen LogP contribution in [0.4, 0.5) is 0 Å². The summed E-state index contributed by atoms with van der Waals surface area (Å²) < 4.78 is 37.1. The fraction of sp³-hybridized carbons (Fsp3) is 0.500. The Balaban J connectivity index is 1.85. The monoisotopic (exact) mass is 338 g/mol. The molecule has 0 spiro atoms. The second-order valence-corrected chi connectivity index (χ2v) is 7.49. The van der Waals surface area contributed by atoms with Crippen molar-refractivity contribution < 1.29 is 17.9 Å². The van der Waals surface area contributed by atoms with Crippen molar-refractivity contribution in [2.75, 3.05) is 14.2 Å². The Bertz CT molecular complexity index is 799. The van der Waals surface area contributed by atoms with Gasteiger partial charge in [0.1, 0.15) is 5.75 Å². The summed E-state index contributed by atoms with van der Waals surface area (Å²) in [5.74, 6) is 1.51. The standard InChI is InChI=1S/C14H18N4O4S/c1-21-12-6-5-11(7-13(12)22-2)23(19,20)9-14-15-16-17-18(14)8-10-3-4-10/h5-7,10H,3-4,8-9H2,1-2H3. The number of hydrogen-bond acceptors (Lipinski definition) is 7. The number of rotatable bonds is 7. The summed E-state index contributed by atoms with van der Waals surface area (Å²) in [7, 11) is -0.617. The molecule has 1 aliphatic rings. The molecule has 1 aromatic heterocycles. The van der Waals surface area contributed by atoms with Gasteiger partial charge in [-0.15, -0.1) is 5.10 Å². The van der Waals surface area contributed by atoms with Crippen molar-refractivity contribution in [3.8, 4) is 11.5 Å². The van der Waals surface area contributed by atoms with Crippen molar-refractivity contribution in [3.63, 3.8) is 0 Å². The zero-order valence-corrected chi connectivity index (χ0v) is 13.8. The lowest BCUT2D eigenvalue weighted by molar-refractivity contribution is 0.354. The molecule has 0 aliphatic heterocycles. The lowest BCUT2D eigenvalue weighted by atomic mass is 10.3. The third-order valence-electron chi connectivity index (χ3n) is 3.77. The van der Waals surface area contributed by atoms with Gasteiger partial charge in [0, 0.05) is 12.6 Å². The second-order valence-electron chi connectivity index (χ2n) is 5.50. The third kappa shape index (κ3) is 3.44. The average molecular weight is 338 g/mol. The number of benzene rings is 1. The summed E-state index contributed by atoms with van der Waals surface area (Å²) in [5, 5.41) is 11.3. The summed E-state index contributed by atoms with van der Waals surface area (Å²) in [6.07, 6.45) is 2.28. The van der Waals surface area contributed by atoms with E-state index in [4.69, 9.17) is 9.47 Å². The highest BCUT2D eigenvalue weighted by atomic mass is 32.2. The number of aromatic nitrogens is 4. The molecule has 0 bridgehead atoms. The number of nitrogens with zero attached hydrogens (tertiary/aromatic N) is 4. The zero-order valence-electron chi connectivity index (χ0n) is 13.0.